The molecule has 0 unspecified atom stereocenters. The number of nitrogens with one attached hydrogen (secondary N) is 2. The molecule has 1 aromatic rings. The quantitative estimate of drug-likeness (QED) is 0.391. The van der Waals surface area contributed by atoms with Crippen molar-refractivity contribution in [2.24, 2.45) is 4.99 Å². The number of nitrogens with zero attached hydrogens (tertiary/aromatic N) is 2. The standard InChI is InChI=1S/C16H28N4O2.HI/c1-12(2)22-14-8-7-13(9-18-14)10-19-15(17-5)20-11-16(3,4)21-6;/h7-9,12H,10-11H2,1-6H3,(H2,17,19,20);1H. The van der Waals surface area contributed by atoms with E-state index in [-0.39, 0.29) is 35.7 Å². The van der Waals surface area contributed by atoms with Crippen LogP contribution >= 0.6 is 24.0 Å². The van der Waals surface area contributed by atoms with Crippen LogP contribution in [0, 0.1) is 0 Å². The SMILES string of the molecule is CN=C(NCc1ccc(OC(C)C)nc1)NCC(C)(C)OC.I. The fraction of sp³-hybridized carbons (Fsp3) is 0.625. The number of hydrogen-bond acceptors (Lipinski definition) is 4. The zero-order valence-electron chi connectivity index (χ0n) is 14.8. The predicted molar refractivity (Wildman–Crippen MR) is 105 cm³/mol. The van der Waals surface area contributed by atoms with Crippen LogP contribution in [0.2, 0.25) is 0 Å². The molecule has 0 atom stereocenters. The summed E-state index contributed by atoms with van der Waals surface area (Å²) in [6, 6.07) is 3.87. The molecule has 0 bridgehead atoms. The van der Waals surface area contributed by atoms with E-state index in [9.17, 15) is 0 Å². The first-order chi connectivity index (χ1) is 10.4. The van der Waals surface area contributed by atoms with Crippen LogP contribution in [0.25, 0.3) is 0 Å². The van der Waals surface area contributed by atoms with Crippen LogP contribution in [0.4, 0.5) is 0 Å². The van der Waals surface area contributed by atoms with E-state index < -0.39 is 0 Å². The van der Waals surface area contributed by atoms with Crippen molar-refractivity contribution in [3.05, 3.63) is 23.9 Å². The summed E-state index contributed by atoms with van der Waals surface area (Å²) in [4.78, 5) is 8.47. The van der Waals surface area contributed by atoms with E-state index >= 15 is 0 Å². The minimum absolute atomic E-state index is 0. The highest BCUT2D eigenvalue weighted by Gasteiger charge is 2.16. The Labute approximate surface area is 156 Å². The molecule has 132 valence electrons. The number of guanidine groups is 1. The summed E-state index contributed by atoms with van der Waals surface area (Å²) in [6.07, 6.45) is 1.93. The minimum Gasteiger partial charge on any atom is -0.475 e. The topological polar surface area (TPSA) is 67.8 Å². The molecule has 0 aromatic carbocycles. The monoisotopic (exact) mass is 436 g/mol. The van der Waals surface area contributed by atoms with Gasteiger partial charge in [-0.15, -0.1) is 24.0 Å². The zero-order chi connectivity index (χ0) is 16.6. The number of aliphatic imine (C=N–C) groups is 1. The second-order valence-corrected chi connectivity index (χ2v) is 5.91. The first kappa shape index (κ1) is 21.9. The van der Waals surface area contributed by atoms with Crippen molar-refractivity contribution >= 4 is 29.9 Å². The van der Waals surface area contributed by atoms with Gasteiger partial charge in [-0.2, -0.15) is 0 Å². The fourth-order valence-corrected chi connectivity index (χ4v) is 1.60. The molecule has 0 amide bonds. The molecular formula is C16H29IN4O2. The Morgan fingerprint density at radius 2 is 2.00 bits per heavy atom. The average molecular weight is 436 g/mol. The Morgan fingerprint density at radius 3 is 2.48 bits per heavy atom. The maximum Gasteiger partial charge on any atom is 0.213 e. The summed E-state index contributed by atoms with van der Waals surface area (Å²) in [7, 11) is 3.44. The van der Waals surface area contributed by atoms with Crippen LogP contribution in [0.3, 0.4) is 0 Å². The Kier molecular flexibility index (Phi) is 10.1. The molecule has 2 N–H and O–H groups in total. The van der Waals surface area contributed by atoms with Gasteiger partial charge in [-0.1, -0.05) is 6.07 Å². The largest absolute Gasteiger partial charge is 0.475 e. The normalized spacial score (nSPS) is 11.9. The van der Waals surface area contributed by atoms with Crippen molar-refractivity contribution in [3.63, 3.8) is 0 Å². The molecule has 0 fully saturated rings. The van der Waals surface area contributed by atoms with Gasteiger partial charge in [-0.05, 0) is 33.3 Å². The molecule has 23 heavy (non-hydrogen) atoms. The molecule has 0 spiro atoms. The van der Waals surface area contributed by atoms with E-state index in [1.54, 1.807) is 20.4 Å². The number of rotatable bonds is 7. The third-order valence-electron chi connectivity index (χ3n) is 3.07. The molecule has 1 rings (SSSR count). The highest BCUT2D eigenvalue weighted by molar-refractivity contribution is 14.0. The molecule has 0 radical (unpaired) electrons. The summed E-state index contributed by atoms with van der Waals surface area (Å²) >= 11 is 0. The van der Waals surface area contributed by atoms with Crippen LogP contribution in [0.15, 0.2) is 23.3 Å². The molecule has 0 saturated carbocycles. The predicted octanol–water partition coefficient (Wildman–Crippen LogP) is 2.58. The number of hydrogen-bond donors (Lipinski definition) is 2. The van der Waals surface area contributed by atoms with Crippen LogP contribution in [0.5, 0.6) is 5.88 Å². The number of ether oxygens (including phenoxy) is 2. The molecule has 1 aromatic heterocycles. The van der Waals surface area contributed by atoms with E-state index in [2.05, 4.69) is 20.6 Å². The van der Waals surface area contributed by atoms with Gasteiger partial charge in [-0.25, -0.2) is 4.98 Å². The second kappa shape index (κ2) is 10.6. The Morgan fingerprint density at radius 1 is 1.30 bits per heavy atom. The summed E-state index contributed by atoms with van der Waals surface area (Å²) in [5, 5.41) is 6.48. The van der Waals surface area contributed by atoms with Crippen LogP contribution in [0.1, 0.15) is 33.3 Å². The third-order valence-corrected chi connectivity index (χ3v) is 3.07. The molecule has 0 aliphatic rings. The summed E-state index contributed by atoms with van der Waals surface area (Å²) in [6.45, 7) is 9.31. The Bertz CT molecular complexity index is 475. The molecule has 1 heterocycles. The number of aromatic nitrogens is 1. The lowest BCUT2D eigenvalue weighted by molar-refractivity contribution is 0.0268. The second-order valence-electron chi connectivity index (χ2n) is 5.91. The van der Waals surface area contributed by atoms with Crippen molar-refractivity contribution in [1.82, 2.24) is 15.6 Å². The molecule has 7 heteroatoms. The van der Waals surface area contributed by atoms with Gasteiger partial charge >= 0.3 is 0 Å². The smallest absolute Gasteiger partial charge is 0.213 e. The van der Waals surface area contributed by atoms with Crippen LogP contribution in [-0.2, 0) is 11.3 Å². The van der Waals surface area contributed by atoms with E-state index in [0.29, 0.717) is 19.0 Å². The Hall–Kier alpha value is -1.09. The summed E-state index contributed by atoms with van der Waals surface area (Å²) in [5.74, 6) is 1.37. The lowest BCUT2D eigenvalue weighted by atomic mass is 10.1. The van der Waals surface area contributed by atoms with Gasteiger partial charge in [0.15, 0.2) is 5.96 Å². The maximum atomic E-state index is 5.52. The van der Waals surface area contributed by atoms with Gasteiger partial charge in [0.1, 0.15) is 0 Å². The molecular weight excluding hydrogens is 407 g/mol. The van der Waals surface area contributed by atoms with Gasteiger partial charge in [0.25, 0.3) is 0 Å². The summed E-state index contributed by atoms with van der Waals surface area (Å²) in [5.41, 5.74) is 0.819. The van der Waals surface area contributed by atoms with Crippen LogP contribution < -0.4 is 15.4 Å². The Balaban J connectivity index is 0.00000484. The highest BCUT2D eigenvalue weighted by Crippen LogP contribution is 2.09. The van der Waals surface area contributed by atoms with Gasteiger partial charge in [0, 0.05) is 39.5 Å². The van der Waals surface area contributed by atoms with Crippen LogP contribution in [-0.4, -0.2) is 43.4 Å². The molecule has 0 saturated heterocycles. The van der Waals surface area contributed by atoms with E-state index in [0.717, 1.165) is 11.5 Å². The van der Waals surface area contributed by atoms with E-state index in [1.807, 2.05) is 39.8 Å². The molecule has 0 aliphatic carbocycles. The lowest BCUT2D eigenvalue weighted by Gasteiger charge is -2.24. The number of halogens is 1. The van der Waals surface area contributed by atoms with E-state index in [1.165, 1.54) is 0 Å². The average Bonchev–Trinajstić information content (AvgIpc) is 2.48. The fourth-order valence-electron chi connectivity index (χ4n) is 1.60. The number of methoxy groups -OCH3 is 1. The first-order valence-corrected chi connectivity index (χ1v) is 7.47. The van der Waals surface area contributed by atoms with Gasteiger partial charge in [0.2, 0.25) is 5.88 Å². The third kappa shape index (κ3) is 8.95. The maximum absolute atomic E-state index is 5.52. The van der Waals surface area contributed by atoms with Crippen molar-refractivity contribution in [2.45, 2.75) is 45.9 Å². The summed E-state index contributed by atoms with van der Waals surface area (Å²) < 4.78 is 10.9. The van der Waals surface area contributed by atoms with Gasteiger partial charge in [-0.3, -0.25) is 4.99 Å². The highest BCUT2D eigenvalue weighted by atomic mass is 127. The van der Waals surface area contributed by atoms with Crippen molar-refractivity contribution < 1.29 is 9.47 Å². The number of pyridine rings is 1. The van der Waals surface area contributed by atoms with Crippen molar-refractivity contribution in [1.29, 1.82) is 0 Å². The first-order valence-electron chi connectivity index (χ1n) is 7.47. The van der Waals surface area contributed by atoms with E-state index in [4.69, 9.17) is 9.47 Å². The lowest BCUT2D eigenvalue weighted by Crippen LogP contribution is -2.45. The van der Waals surface area contributed by atoms with Crippen molar-refractivity contribution in [3.8, 4) is 5.88 Å². The van der Waals surface area contributed by atoms with Gasteiger partial charge < -0.3 is 20.1 Å². The zero-order valence-corrected chi connectivity index (χ0v) is 17.2. The van der Waals surface area contributed by atoms with Gasteiger partial charge in [0.05, 0.1) is 11.7 Å². The van der Waals surface area contributed by atoms with Crippen molar-refractivity contribution in [2.75, 3.05) is 20.7 Å². The minimum atomic E-state index is -0.241. The molecule has 6 nitrogen and oxygen atoms in total. The molecule has 0 aliphatic heterocycles.